The second-order valence-electron chi connectivity index (χ2n) is 7.60. The van der Waals surface area contributed by atoms with Gasteiger partial charge in [0.1, 0.15) is 0 Å². The van der Waals surface area contributed by atoms with Gasteiger partial charge >= 0.3 is 5.97 Å². The number of thioether (sulfide) groups is 1. The van der Waals surface area contributed by atoms with Crippen molar-refractivity contribution >= 4 is 39.9 Å². The molecule has 1 aliphatic rings. The molecule has 33 heavy (non-hydrogen) atoms. The summed E-state index contributed by atoms with van der Waals surface area (Å²) >= 11 is 1.43. The molecule has 4 rings (SSSR count). The lowest BCUT2D eigenvalue weighted by molar-refractivity contribution is 0.0696. The van der Waals surface area contributed by atoms with Crippen LogP contribution >= 0.6 is 11.8 Å². The summed E-state index contributed by atoms with van der Waals surface area (Å²) in [5.74, 6) is -0.989. The maximum absolute atomic E-state index is 12.4. The normalized spacial score (nSPS) is 15.0. The average molecular weight is 478 g/mol. The molecular formula is C26H23NO4S2. The summed E-state index contributed by atoms with van der Waals surface area (Å²) in [6.07, 6.45) is 5.87. The highest BCUT2D eigenvalue weighted by atomic mass is 32.2. The molecular weight excluding hydrogens is 454 g/mol. The van der Waals surface area contributed by atoms with Gasteiger partial charge in [0.2, 0.25) is 10.0 Å². The van der Waals surface area contributed by atoms with Crippen molar-refractivity contribution in [3.63, 3.8) is 0 Å². The van der Waals surface area contributed by atoms with E-state index in [4.69, 9.17) is 0 Å². The SMILES string of the molecule is O=C(O)c1ccc2c(c1)C(SC=CNS(=O)(=O)CCc1ccccc1)c1ccccc1C=C2. The van der Waals surface area contributed by atoms with E-state index in [1.165, 1.54) is 18.0 Å². The maximum atomic E-state index is 12.4. The number of carboxylic acids is 1. The lowest BCUT2D eigenvalue weighted by Gasteiger charge is -2.19. The molecule has 0 spiro atoms. The number of carbonyl (C=O) groups is 1. The van der Waals surface area contributed by atoms with Crippen molar-refractivity contribution in [3.05, 3.63) is 118 Å². The van der Waals surface area contributed by atoms with E-state index in [1.54, 1.807) is 17.5 Å². The van der Waals surface area contributed by atoms with Crippen LogP contribution in [0.5, 0.6) is 0 Å². The Kier molecular flexibility index (Phi) is 7.01. The number of hydrogen-bond donors (Lipinski definition) is 2. The molecule has 3 aromatic rings. The first-order valence-electron chi connectivity index (χ1n) is 10.4. The van der Waals surface area contributed by atoms with Crippen LogP contribution in [0.1, 0.15) is 43.4 Å². The molecule has 3 aromatic carbocycles. The summed E-state index contributed by atoms with van der Waals surface area (Å²) in [4.78, 5) is 11.5. The largest absolute Gasteiger partial charge is 0.478 e. The van der Waals surface area contributed by atoms with Gasteiger partial charge in [0.25, 0.3) is 0 Å². The smallest absolute Gasteiger partial charge is 0.335 e. The summed E-state index contributed by atoms with van der Waals surface area (Å²) in [7, 11) is -3.47. The Labute approximate surface area is 197 Å². The summed E-state index contributed by atoms with van der Waals surface area (Å²) in [6.45, 7) is 0. The first-order valence-corrected chi connectivity index (χ1v) is 13.0. The monoisotopic (exact) mass is 477 g/mol. The van der Waals surface area contributed by atoms with Gasteiger partial charge in [-0.3, -0.25) is 4.72 Å². The van der Waals surface area contributed by atoms with Crippen LogP contribution in [0, 0.1) is 0 Å². The molecule has 0 radical (unpaired) electrons. The van der Waals surface area contributed by atoms with Crippen molar-refractivity contribution in [2.45, 2.75) is 11.7 Å². The quantitative estimate of drug-likeness (QED) is 0.459. The average Bonchev–Trinajstić information content (AvgIpc) is 2.98. The minimum atomic E-state index is -3.47. The molecule has 7 heteroatoms. The second kappa shape index (κ2) is 10.1. The summed E-state index contributed by atoms with van der Waals surface area (Å²) in [5, 5.41) is 11.0. The molecule has 0 fully saturated rings. The minimum Gasteiger partial charge on any atom is -0.478 e. The molecule has 0 aromatic heterocycles. The molecule has 0 heterocycles. The molecule has 0 aliphatic heterocycles. The van der Waals surface area contributed by atoms with Crippen LogP contribution in [0.2, 0.25) is 0 Å². The highest BCUT2D eigenvalue weighted by Gasteiger charge is 2.22. The van der Waals surface area contributed by atoms with Crippen molar-refractivity contribution in [2.75, 3.05) is 5.75 Å². The second-order valence-corrected chi connectivity index (χ2v) is 10.5. The highest BCUT2D eigenvalue weighted by molar-refractivity contribution is 8.02. The van der Waals surface area contributed by atoms with Gasteiger partial charge in [0.05, 0.1) is 16.6 Å². The number of benzene rings is 3. The van der Waals surface area contributed by atoms with Crippen LogP contribution < -0.4 is 4.72 Å². The zero-order chi connectivity index (χ0) is 23.3. The molecule has 1 unspecified atom stereocenters. The first kappa shape index (κ1) is 22.9. The third kappa shape index (κ3) is 5.74. The zero-order valence-electron chi connectivity index (χ0n) is 17.7. The van der Waals surface area contributed by atoms with E-state index in [1.807, 2.05) is 72.8 Å². The van der Waals surface area contributed by atoms with E-state index in [2.05, 4.69) is 4.72 Å². The molecule has 1 atom stereocenters. The van der Waals surface area contributed by atoms with Crippen molar-refractivity contribution in [1.29, 1.82) is 0 Å². The fraction of sp³-hybridized carbons (Fsp3) is 0.115. The van der Waals surface area contributed by atoms with E-state index < -0.39 is 16.0 Å². The van der Waals surface area contributed by atoms with Gasteiger partial charge in [-0.1, -0.05) is 72.8 Å². The topological polar surface area (TPSA) is 83.5 Å². The number of aryl methyl sites for hydroxylation is 1. The molecule has 5 nitrogen and oxygen atoms in total. The van der Waals surface area contributed by atoms with Crippen molar-refractivity contribution in [3.8, 4) is 0 Å². The maximum Gasteiger partial charge on any atom is 0.335 e. The highest BCUT2D eigenvalue weighted by Crippen LogP contribution is 2.42. The molecule has 2 N–H and O–H groups in total. The van der Waals surface area contributed by atoms with Gasteiger partial charge < -0.3 is 5.11 Å². The van der Waals surface area contributed by atoms with E-state index in [0.717, 1.165) is 27.8 Å². The van der Waals surface area contributed by atoms with Crippen LogP contribution in [0.3, 0.4) is 0 Å². The molecule has 1 aliphatic carbocycles. The van der Waals surface area contributed by atoms with Crippen LogP contribution in [-0.4, -0.2) is 25.2 Å². The third-order valence-corrected chi connectivity index (χ3v) is 7.68. The van der Waals surface area contributed by atoms with E-state index in [0.29, 0.717) is 6.42 Å². The fourth-order valence-corrected chi connectivity index (χ4v) is 5.69. The Morgan fingerprint density at radius 1 is 0.939 bits per heavy atom. The van der Waals surface area contributed by atoms with Gasteiger partial charge in [-0.05, 0) is 51.8 Å². The van der Waals surface area contributed by atoms with E-state index in [-0.39, 0.29) is 16.6 Å². The number of hydrogen-bond acceptors (Lipinski definition) is 4. The molecule has 168 valence electrons. The standard InChI is InChI=1S/C26H23NO4S2/c28-26(29)22-13-12-21-11-10-20-8-4-5-9-23(20)25(24(21)18-22)32-16-15-27-33(30,31)17-14-19-6-2-1-3-7-19/h1-13,15-16,18,25,27H,14,17H2,(H,28,29). The number of rotatable bonds is 8. The predicted octanol–water partition coefficient (Wildman–Crippen LogP) is 5.32. The third-order valence-electron chi connectivity index (χ3n) is 5.37. The first-order chi connectivity index (χ1) is 15.9. The summed E-state index contributed by atoms with van der Waals surface area (Å²) in [5.41, 5.74) is 5.08. The van der Waals surface area contributed by atoms with Crippen LogP contribution in [-0.2, 0) is 16.4 Å². The number of carboxylic acid groups (broad SMARTS) is 1. The Hall–Kier alpha value is -3.29. The van der Waals surface area contributed by atoms with Crippen molar-refractivity contribution in [1.82, 2.24) is 4.72 Å². The summed E-state index contributed by atoms with van der Waals surface area (Å²) in [6, 6.07) is 22.5. The zero-order valence-corrected chi connectivity index (χ0v) is 19.4. The number of nitrogens with one attached hydrogen (secondary N) is 1. The van der Waals surface area contributed by atoms with Crippen molar-refractivity contribution < 1.29 is 18.3 Å². The molecule has 0 amide bonds. The number of fused-ring (bicyclic) bond motifs is 2. The Morgan fingerprint density at radius 2 is 1.64 bits per heavy atom. The number of sulfonamides is 1. The number of aromatic carboxylic acids is 1. The molecule has 0 bridgehead atoms. The lowest BCUT2D eigenvalue weighted by Crippen LogP contribution is -2.22. The van der Waals surface area contributed by atoms with E-state index in [9.17, 15) is 18.3 Å². The molecule has 0 saturated carbocycles. The van der Waals surface area contributed by atoms with Crippen LogP contribution in [0.4, 0.5) is 0 Å². The Bertz CT molecular complexity index is 1320. The lowest BCUT2D eigenvalue weighted by atomic mass is 9.97. The van der Waals surface area contributed by atoms with Gasteiger partial charge in [-0.15, -0.1) is 11.8 Å². The molecule has 0 saturated heterocycles. The fourth-order valence-electron chi connectivity index (χ4n) is 3.69. The van der Waals surface area contributed by atoms with Gasteiger partial charge in [-0.25, -0.2) is 13.2 Å². The minimum absolute atomic E-state index is 0.00694. The van der Waals surface area contributed by atoms with E-state index >= 15 is 0 Å². The van der Waals surface area contributed by atoms with Crippen LogP contribution in [0.15, 0.2) is 84.4 Å². The van der Waals surface area contributed by atoms with Gasteiger partial charge in [0.15, 0.2) is 0 Å². The van der Waals surface area contributed by atoms with Gasteiger partial charge in [-0.2, -0.15) is 0 Å². The Balaban J connectivity index is 1.52. The van der Waals surface area contributed by atoms with Crippen LogP contribution in [0.25, 0.3) is 12.2 Å². The van der Waals surface area contributed by atoms with Crippen molar-refractivity contribution in [2.24, 2.45) is 0 Å². The summed E-state index contributed by atoms with van der Waals surface area (Å²) < 4.78 is 27.3. The predicted molar refractivity (Wildman–Crippen MR) is 134 cm³/mol. The Morgan fingerprint density at radius 3 is 2.39 bits per heavy atom. The van der Waals surface area contributed by atoms with Gasteiger partial charge in [0, 0.05) is 6.20 Å².